The average Bonchev–Trinajstić information content (AvgIpc) is 3.10. The van der Waals surface area contributed by atoms with Gasteiger partial charge in [-0.1, -0.05) is 6.07 Å². The van der Waals surface area contributed by atoms with Crippen LogP contribution in [0.1, 0.15) is 43.0 Å². The Balaban J connectivity index is 1.38. The molecule has 5 nitrogen and oxygen atoms in total. The van der Waals surface area contributed by atoms with Crippen molar-refractivity contribution in [3.05, 3.63) is 53.9 Å². The van der Waals surface area contributed by atoms with Gasteiger partial charge in [-0.15, -0.1) is 0 Å². The minimum Gasteiger partial charge on any atom is -0.486 e. The van der Waals surface area contributed by atoms with E-state index in [2.05, 4.69) is 58.8 Å². The van der Waals surface area contributed by atoms with E-state index in [4.69, 9.17) is 9.47 Å². The molecule has 5 heteroatoms. The first kappa shape index (κ1) is 17.6. The first-order valence-corrected chi connectivity index (χ1v) is 10.2. The second kappa shape index (κ2) is 7.13. The van der Waals surface area contributed by atoms with Gasteiger partial charge >= 0.3 is 0 Å². The number of hydrogen-bond donors (Lipinski definition) is 0. The van der Waals surface area contributed by atoms with E-state index >= 15 is 0 Å². The number of ether oxygens (including phenoxy) is 2. The SMILES string of the molecule is CC(c1ccc2c(c1)OCCO2)N1CCCC(c2cc3ncccc3n2C)C1. The molecule has 0 bridgehead atoms. The topological polar surface area (TPSA) is 39.5 Å². The molecule has 1 saturated heterocycles. The van der Waals surface area contributed by atoms with Crippen molar-refractivity contribution in [2.45, 2.75) is 31.7 Å². The predicted octanol–water partition coefficient (Wildman–Crippen LogP) is 4.29. The number of nitrogens with zero attached hydrogens (tertiary/aromatic N) is 3. The van der Waals surface area contributed by atoms with Crippen LogP contribution in [0.15, 0.2) is 42.6 Å². The molecular weight excluding hydrogens is 350 g/mol. The number of aryl methyl sites for hydroxylation is 1. The van der Waals surface area contributed by atoms with Crippen molar-refractivity contribution in [2.24, 2.45) is 7.05 Å². The van der Waals surface area contributed by atoms with Gasteiger partial charge in [-0.2, -0.15) is 0 Å². The molecule has 0 saturated carbocycles. The molecule has 2 atom stereocenters. The van der Waals surface area contributed by atoms with Crippen LogP contribution in [0.25, 0.3) is 11.0 Å². The lowest BCUT2D eigenvalue weighted by Gasteiger charge is -2.37. The molecular formula is C23H27N3O2. The van der Waals surface area contributed by atoms with Crippen LogP contribution in [-0.2, 0) is 7.05 Å². The first-order valence-electron chi connectivity index (χ1n) is 10.2. The van der Waals surface area contributed by atoms with E-state index in [0.29, 0.717) is 25.2 Å². The Morgan fingerprint density at radius 2 is 1.96 bits per heavy atom. The molecule has 0 amide bonds. The summed E-state index contributed by atoms with van der Waals surface area (Å²) < 4.78 is 13.8. The van der Waals surface area contributed by atoms with E-state index in [-0.39, 0.29) is 0 Å². The van der Waals surface area contributed by atoms with Crippen LogP contribution in [0.5, 0.6) is 11.5 Å². The summed E-state index contributed by atoms with van der Waals surface area (Å²) in [4.78, 5) is 7.14. The molecule has 3 aromatic rings. The lowest BCUT2D eigenvalue weighted by Crippen LogP contribution is -2.36. The average molecular weight is 377 g/mol. The van der Waals surface area contributed by atoms with Crippen LogP contribution in [0.3, 0.4) is 0 Å². The second-order valence-electron chi connectivity index (χ2n) is 7.95. The number of aromatic nitrogens is 2. The third kappa shape index (κ3) is 3.04. The van der Waals surface area contributed by atoms with Crippen LogP contribution >= 0.6 is 0 Å². The van der Waals surface area contributed by atoms with E-state index in [1.807, 2.05) is 12.3 Å². The van der Waals surface area contributed by atoms with Crippen molar-refractivity contribution in [1.29, 1.82) is 0 Å². The molecule has 2 aliphatic heterocycles. The van der Waals surface area contributed by atoms with E-state index in [1.165, 1.54) is 29.6 Å². The van der Waals surface area contributed by atoms with Crippen molar-refractivity contribution < 1.29 is 9.47 Å². The standard InChI is InChI=1S/C23H27N3O2/c1-16(17-7-8-22-23(13-17)28-12-11-27-22)26-10-4-5-18(15-26)21-14-19-20(25(21)2)6-3-9-24-19/h3,6-9,13-14,16,18H,4-5,10-12,15H2,1-2H3. The molecule has 0 spiro atoms. The molecule has 2 aromatic heterocycles. The van der Waals surface area contributed by atoms with Crippen molar-refractivity contribution in [3.8, 4) is 11.5 Å². The van der Waals surface area contributed by atoms with Crippen LogP contribution in [-0.4, -0.2) is 40.8 Å². The Morgan fingerprint density at radius 3 is 2.82 bits per heavy atom. The van der Waals surface area contributed by atoms with Gasteiger partial charge in [-0.25, -0.2) is 0 Å². The Hall–Kier alpha value is -2.53. The van der Waals surface area contributed by atoms with Gasteiger partial charge in [0, 0.05) is 37.4 Å². The quantitative estimate of drug-likeness (QED) is 0.683. The van der Waals surface area contributed by atoms with Crippen LogP contribution < -0.4 is 9.47 Å². The van der Waals surface area contributed by atoms with E-state index in [9.17, 15) is 0 Å². The molecule has 1 aromatic carbocycles. The van der Waals surface area contributed by atoms with Crippen molar-refractivity contribution in [1.82, 2.24) is 14.5 Å². The lowest BCUT2D eigenvalue weighted by molar-refractivity contribution is 0.153. The zero-order valence-corrected chi connectivity index (χ0v) is 16.6. The predicted molar refractivity (Wildman–Crippen MR) is 110 cm³/mol. The maximum atomic E-state index is 5.79. The van der Waals surface area contributed by atoms with Crippen LogP contribution in [0.2, 0.25) is 0 Å². The monoisotopic (exact) mass is 377 g/mol. The number of likely N-dealkylation sites (tertiary alicyclic amines) is 1. The third-order valence-electron chi connectivity index (χ3n) is 6.32. The van der Waals surface area contributed by atoms with Crippen LogP contribution in [0, 0.1) is 0 Å². The van der Waals surface area contributed by atoms with Crippen molar-refractivity contribution >= 4 is 11.0 Å². The van der Waals surface area contributed by atoms with Crippen molar-refractivity contribution in [2.75, 3.05) is 26.3 Å². The number of fused-ring (bicyclic) bond motifs is 2. The van der Waals surface area contributed by atoms with E-state index < -0.39 is 0 Å². The normalized spacial score (nSPS) is 21.0. The maximum Gasteiger partial charge on any atom is 0.161 e. The molecule has 5 rings (SSSR count). The summed E-state index contributed by atoms with van der Waals surface area (Å²) in [6.45, 7) is 5.77. The Morgan fingerprint density at radius 1 is 1.11 bits per heavy atom. The Bertz CT molecular complexity index is 997. The maximum absolute atomic E-state index is 5.79. The molecule has 0 aliphatic carbocycles. The Kier molecular flexibility index (Phi) is 4.47. The largest absolute Gasteiger partial charge is 0.486 e. The summed E-state index contributed by atoms with van der Waals surface area (Å²) in [7, 11) is 2.17. The van der Waals surface area contributed by atoms with Gasteiger partial charge in [0.15, 0.2) is 11.5 Å². The highest BCUT2D eigenvalue weighted by atomic mass is 16.6. The molecule has 2 unspecified atom stereocenters. The summed E-state index contributed by atoms with van der Waals surface area (Å²) in [6.07, 6.45) is 4.33. The molecule has 4 heterocycles. The van der Waals surface area contributed by atoms with Gasteiger partial charge in [0.1, 0.15) is 13.2 Å². The van der Waals surface area contributed by atoms with Gasteiger partial charge < -0.3 is 14.0 Å². The number of piperidine rings is 1. The third-order valence-corrected chi connectivity index (χ3v) is 6.32. The molecule has 28 heavy (non-hydrogen) atoms. The Labute approximate surface area is 165 Å². The fraction of sp³-hybridized carbons (Fsp3) is 0.435. The zero-order valence-electron chi connectivity index (χ0n) is 16.6. The second-order valence-corrected chi connectivity index (χ2v) is 7.95. The number of hydrogen-bond acceptors (Lipinski definition) is 4. The summed E-state index contributed by atoms with van der Waals surface area (Å²) in [5.74, 6) is 2.28. The summed E-state index contributed by atoms with van der Waals surface area (Å²) in [5.41, 5.74) is 5.00. The first-order chi connectivity index (χ1) is 13.7. The number of pyridine rings is 1. The lowest BCUT2D eigenvalue weighted by atomic mass is 9.92. The highest BCUT2D eigenvalue weighted by Crippen LogP contribution is 2.37. The molecule has 0 N–H and O–H groups in total. The molecule has 0 radical (unpaired) electrons. The number of rotatable bonds is 3. The van der Waals surface area contributed by atoms with Gasteiger partial charge in [-0.05, 0) is 62.2 Å². The van der Waals surface area contributed by atoms with Gasteiger partial charge in [0.2, 0.25) is 0 Å². The summed E-state index contributed by atoms with van der Waals surface area (Å²) in [6, 6.07) is 13.2. The highest BCUT2D eigenvalue weighted by molar-refractivity contribution is 5.77. The fourth-order valence-corrected chi connectivity index (χ4v) is 4.70. The number of benzene rings is 1. The minimum atomic E-state index is 0.353. The summed E-state index contributed by atoms with van der Waals surface area (Å²) in [5, 5.41) is 0. The molecule has 2 aliphatic rings. The zero-order chi connectivity index (χ0) is 19.1. The highest BCUT2D eigenvalue weighted by Gasteiger charge is 2.28. The molecule has 1 fully saturated rings. The molecule has 146 valence electrons. The van der Waals surface area contributed by atoms with Crippen LogP contribution in [0.4, 0.5) is 0 Å². The summed E-state index contributed by atoms with van der Waals surface area (Å²) >= 11 is 0. The minimum absolute atomic E-state index is 0.353. The van der Waals surface area contributed by atoms with Crippen molar-refractivity contribution in [3.63, 3.8) is 0 Å². The smallest absolute Gasteiger partial charge is 0.161 e. The van der Waals surface area contributed by atoms with Gasteiger partial charge in [0.05, 0.1) is 11.0 Å². The van der Waals surface area contributed by atoms with E-state index in [1.54, 1.807) is 0 Å². The fourth-order valence-electron chi connectivity index (χ4n) is 4.70. The van der Waals surface area contributed by atoms with Gasteiger partial charge in [0.25, 0.3) is 0 Å². The van der Waals surface area contributed by atoms with Gasteiger partial charge in [-0.3, -0.25) is 9.88 Å². The van der Waals surface area contributed by atoms with E-state index in [0.717, 1.165) is 30.1 Å².